The molecule has 3 nitrogen and oxygen atoms in total. The van der Waals surface area contributed by atoms with Gasteiger partial charge in [0, 0.05) is 12.1 Å². The largest absolute Gasteiger partial charge is 0.334 e. The summed E-state index contributed by atoms with van der Waals surface area (Å²) in [6.07, 6.45) is 0. The Morgan fingerprint density at radius 1 is 1.38 bits per heavy atom. The van der Waals surface area contributed by atoms with Crippen molar-refractivity contribution >= 4 is 17.4 Å². The number of benzene rings is 1. The van der Waals surface area contributed by atoms with E-state index in [9.17, 15) is 4.39 Å². The Labute approximate surface area is 126 Å². The molecule has 1 aliphatic rings. The smallest absolute Gasteiger partial charge is 0.127 e. The number of hydrogen-bond donors (Lipinski definition) is 0. The molecule has 0 atom stereocenters. The number of rotatable bonds is 2. The van der Waals surface area contributed by atoms with Crippen LogP contribution in [0, 0.1) is 17.1 Å². The molecule has 0 radical (unpaired) electrons. The van der Waals surface area contributed by atoms with Gasteiger partial charge in [-0.15, -0.1) is 0 Å². The lowest BCUT2D eigenvalue weighted by Gasteiger charge is -2.16. The van der Waals surface area contributed by atoms with Crippen LogP contribution >= 0.6 is 11.8 Å². The molecule has 0 saturated heterocycles. The zero-order valence-corrected chi connectivity index (χ0v) is 12.2. The van der Waals surface area contributed by atoms with Crippen molar-refractivity contribution in [3.05, 3.63) is 53.3 Å². The quantitative estimate of drug-likeness (QED) is 0.834. The summed E-state index contributed by atoms with van der Waals surface area (Å²) >= 11 is 1.51. The molecule has 5 heteroatoms. The molecule has 0 N–H and O–H groups in total. The molecule has 0 amide bonds. The SMILES string of the molecule is C=C1Sc2nc(-c3ccc(F)cc3C#N)ccc2N1CC. The van der Waals surface area contributed by atoms with Crippen LogP contribution in [-0.2, 0) is 0 Å². The number of fused-ring (bicyclic) bond motifs is 1. The van der Waals surface area contributed by atoms with Gasteiger partial charge in [-0.25, -0.2) is 9.37 Å². The van der Waals surface area contributed by atoms with Gasteiger partial charge in [0.15, 0.2) is 0 Å². The van der Waals surface area contributed by atoms with E-state index in [1.165, 1.54) is 23.9 Å². The third kappa shape index (κ3) is 2.28. The molecule has 0 aliphatic carbocycles. The average Bonchev–Trinajstić information content (AvgIpc) is 2.81. The van der Waals surface area contributed by atoms with E-state index in [0.29, 0.717) is 11.3 Å². The Balaban J connectivity index is 2.09. The van der Waals surface area contributed by atoms with Crippen LogP contribution in [-0.4, -0.2) is 11.5 Å². The normalized spacial score (nSPS) is 13.2. The highest BCUT2D eigenvalue weighted by molar-refractivity contribution is 8.03. The predicted octanol–water partition coefficient (Wildman–Crippen LogP) is 4.16. The first-order chi connectivity index (χ1) is 10.1. The van der Waals surface area contributed by atoms with Gasteiger partial charge in [-0.05, 0) is 37.3 Å². The summed E-state index contributed by atoms with van der Waals surface area (Å²) < 4.78 is 13.2. The number of thioether (sulfide) groups is 1. The van der Waals surface area contributed by atoms with E-state index in [1.807, 2.05) is 18.2 Å². The second kappa shape index (κ2) is 5.23. The van der Waals surface area contributed by atoms with Crippen molar-refractivity contribution in [2.24, 2.45) is 0 Å². The van der Waals surface area contributed by atoms with E-state index in [-0.39, 0.29) is 5.56 Å². The Morgan fingerprint density at radius 3 is 2.90 bits per heavy atom. The fraction of sp³-hybridized carbons (Fsp3) is 0.125. The van der Waals surface area contributed by atoms with Gasteiger partial charge in [0.25, 0.3) is 0 Å². The molecule has 0 unspecified atom stereocenters. The summed E-state index contributed by atoms with van der Waals surface area (Å²) in [5, 5.41) is 11.0. The first-order valence-electron chi connectivity index (χ1n) is 6.49. The maximum Gasteiger partial charge on any atom is 0.127 e. The third-order valence-electron chi connectivity index (χ3n) is 3.34. The van der Waals surface area contributed by atoms with Crippen molar-refractivity contribution in [2.45, 2.75) is 11.9 Å². The van der Waals surface area contributed by atoms with E-state index in [4.69, 9.17) is 5.26 Å². The highest BCUT2D eigenvalue weighted by Crippen LogP contribution is 2.44. The van der Waals surface area contributed by atoms with Gasteiger partial charge in [0.1, 0.15) is 10.8 Å². The number of aromatic nitrogens is 1. The molecule has 0 bridgehead atoms. The van der Waals surface area contributed by atoms with Gasteiger partial charge in [-0.1, -0.05) is 18.3 Å². The zero-order chi connectivity index (χ0) is 15.0. The topological polar surface area (TPSA) is 39.9 Å². The number of anilines is 1. The second-order valence-corrected chi connectivity index (χ2v) is 5.62. The Kier molecular flexibility index (Phi) is 3.40. The molecular weight excluding hydrogens is 285 g/mol. The maximum atomic E-state index is 13.2. The minimum atomic E-state index is -0.420. The number of nitrogens with zero attached hydrogens (tertiary/aromatic N) is 3. The summed E-state index contributed by atoms with van der Waals surface area (Å²) in [5.41, 5.74) is 2.62. The maximum absolute atomic E-state index is 13.2. The van der Waals surface area contributed by atoms with Gasteiger partial charge in [-0.2, -0.15) is 5.26 Å². The van der Waals surface area contributed by atoms with Crippen LogP contribution in [0.2, 0.25) is 0 Å². The predicted molar refractivity (Wildman–Crippen MR) is 82.4 cm³/mol. The lowest BCUT2D eigenvalue weighted by Crippen LogP contribution is -2.15. The van der Waals surface area contributed by atoms with E-state index >= 15 is 0 Å². The van der Waals surface area contributed by atoms with Gasteiger partial charge in [0.2, 0.25) is 0 Å². The van der Waals surface area contributed by atoms with Gasteiger partial charge in [-0.3, -0.25) is 0 Å². The lowest BCUT2D eigenvalue weighted by atomic mass is 10.0. The van der Waals surface area contributed by atoms with Crippen molar-refractivity contribution < 1.29 is 4.39 Å². The summed E-state index contributed by atoms with van der Waals surface area (Å²) in [6, 6.07) is 10.0. The molecule has 21 heavy (non-hydrogen) atoms. The first-order valence-corrected chi connectivity index (χ1v) is 7.31. The zero-order valence-electron chi connectivity index (χ0n) is 11.4. The van der Waals surface area contributed by atoms with Crippen LogP contribution in [0.3, 0.4) is 0 Å². The van der Waals surface area contributed by atoms with Crippen molar-refractivity contribution in [2.75, 3.05) is 11.4 Å². The van der Waals surface area contributed by atoms with E-state index in [0.717, 1.165) is 22.3 Å². The van der Waals surface area contributed by atoms with Gasteiger partial charge < -0.3 is 4.90 Å². The van der Waals surface area contributed by atoms with Crippen molar-refractivity contribution in [1.82, 2.24) is 4.98 Å². The minimum absolute atomic E-state index is 0.289. The van der Waals surface area contributed by atoms with Crippen LogP contribution in [0.4, 0.5) is 10.1 Å². The Hall–Kier alpha value is -2.32. The lowest BCUT2D eigenvalue weighted by molar-refractivity contribution is 0.627. The van der Waals surface area contributed by atoms with E-state index in [1.54, 1.807) is 6.07 Å². The standard InChI is InChI=1S/C16H12FN3S/c1-3-20-10(2)21-16-15(20)7-6-14(19-16)13-5-4-12(17)8-11(13)9-18/h4-8H,2-3H2,1H3. The molecule has 0 spiro atoms. The summed E-state index contributed by atoms with van der Waals surface area (Å²) in [7, 11) is 0. The summed E-state index contributed by atoms with van der Waals surface area (Å²) in [4.78, 5) is 6.69. The van der Waals surface area contributed by atoms with Crippen molar-refractivity contribution in [3.8, 4) is 17.3 Å². The average molecular weight is 297 g/mol. The van der Waals surface area contributed by atoms with Gasteiger partial charge >= 0.3 is 0 Å². The molecular formula is C16H12FN3S. The molecule has 1 aliphatic heterocycles. The van der Waals surface area contributed by atoms with E-state index < -0.39 is 5.82 Å². The van der Waals surface area contributed by atoms with Crippen LogP contribution in [0.1, 0.15) is 12.5 Å². The Morgan fingerprint density at radius 2 is 2.19 bits per heavy atom. The highest BCUT2D eigenvalue weighted by atomic mass is 32.2. The van der Waals surface area contributed by atoms with E-state index in [2.05, 4.69) is 23.4 Å². The molecule has 1 aromatic heterocycles. The molecule has 104 valence electrons. The molecule has 3 rings (SSSR count). The summed E-state index contributed by atoms with van der Waals surface area (Å²) in [5.74, 6) is -0.420. The molecule has 1 aromatic carbocycles. The monoisotopic (exact) mass is 297 g/mol. The molecule has 0 fully saturated rings. The fourth-order valence-corrected chi connectivity index (χ4v) is 3.33. The highest BCUT2D eigenvalue weighted by Gasteiger charge is 2.24. The molecule has 0 saturated carbocycles. The molecule has 2 heterocycles. The van der Waals surface area contributed by atoms with Crippen LogP contribution in [0.5, 0.6) is 0 Å². The number of hydrogen-bond acceptors (Lipinski definition) is 4. The third-order valence-corrected chi connectivity index (χ3v) is 4.29. The first kappa shape index (κ1) is 13.7. The number of nitriles is 1. The fourth-order valence-electron chi connectivity index (χ4n) is 2.34. The number of pyridine rings is 1. The molecule has 2 aromatic rings. The Bertz CT molecular complexity index is 780. The van der Waals surface area contributed by atoms with Crippen LogP contribution in [0.25, 0.3) is 11.3 Å². The second-order valence-electron chi connectivity index (χ2n) is 4.56. The van der Waals surface area contributed by atoms with Crippen molar-refractivity contribution in [3.63, 3.8) is 0 Å². The minimum Gasteiger partial charge on any atom is -0.334 e. The van der Waals surface area contributed by atoms with Gasteiger partial charge in [0.05, 0.1) is 28.0 Å². The van der Waals surface area contributed by atoms with Crippen LogP contribution in [0.15, 0.2) is 47.0 Å². The van der Waals surface area contributed by atoms with Crippen LogP contribution < -0.4 is 4.90 Å². The summed E-state index contributed by atoms with van der Waals surface area (Å²) in [6.45, 7) is 6.91. The van der Waals surface area contributed by atoms with Crippen molar-refractivity contribution in [1.29, 1.82) is 5.26 Å². The number of halogens is 1.